The first-order chi connectivity index (χ1) is 17.3. The van der Waals surface area contributed by atoms with E-state index in [1.54, 1.807) is 49.5 Å². The summed E-state index contributed by atoms with van der Waals surface area (Å²) in [4.78, 5) is 16.7. The maximum Gasteiger partial charge on any atom is 0.309 e. The van der Waals surface area contributed by atoms with Gasteiger partial charge in [-0.3, -0.25) is 10.2 Å². The van der Waals surface area contributed by atoms with Gasteiger partial charge in [-0.05, 0) is 44.0 Å². The van der Waals surface area contributed by atoms with Crippen LogP contribution in [0.5, 0.6) is 0 Å². The van der Waals surface area contributed by atoms with Gasteiger partial charge in [0.05, 0.1) is 34.4 Å². The molecule has 1 saturated heterocycles. The summed E-state index contributed by atoms with van der Waals surface area (Å²) >= 11 is 13.4. The number of nitrogens with one attached hydrogen (secondary N) is 1. The summed E-state index contributed by atoms with van der Waals surface area (Å²) in [6.07, 6.45) is 2.46. The number of rotatable bonds is 8. The van der Waals surface area contributed by atoms with E-state index in [-0.39, 0.29) is 29.9 Å². The first-order valence-electron chi connectivity index (χ1n) is 11.2. The third kappa shape index (κ3) is 6.24. The van der Waals surface area contributed by atoms with Crippen LogP contribution in [0, 0.1) is 5.92 Å². The Hall–Kier alpha value is -2.50. The Balaban J connectivity index is 1.43. The molecule has 2 aromatic carbocycles. The van der Waals surface area contributed by atoms with Gasteiger partial charge in [-0.2, -0.15) is 9.41 Å². The molecule has 0 aliphatic carbocycles. The average molecular weight is 568 g/mol. The number of hydrogen-bond acceptors (Lipinski definition) is 8. The van der Waals surface area contributed by atoms with Crippen LogP contribution in [0.4, 0.5) is 5.13 Å². The highest BCUT2D eigenvalue weighted by Gasteiger charge is 2.32. The molecule has 1 aliphatic heterocycles. The molecular weight excluding hydrogens is 543 g/mol. The van der Waals surface area contributed by atoms with E-state index in [2.05, 4.69) is 15.5 Å². The molecule has 36 heavy (non-hydrogen) atoms. The van der Waals surface area contributed by atoms with Crippen LogP contribution in [0.1, 0.15) is 25.3 Å². The van der Waals surface area contributed by atoms with Crippen LogP contribution in [0.3, 0.4) is 0 Å². The smallest absolute Gasteiger partial charge is 0.309 e. The molecule has 0 amide bonds. The zero-order valence-corrected chi connectivity index (χ0v) is 22.5. The van der Waals surface area contributed by atoms with Crippen molar-refractivity contribution in [2.45, 2.75) is 24.7 Å². The molecule has 0 unspecified atom stereocenters. The number of carbonyl (C=O) groups excluding carboxylic acids is 1. The number of carbonyl (C=O) groups is 1. The second-order valence-electron chi connectivity index (χ2n) is 8.03. The molecule has 0 radical (unpaired) electrons. The number of sulfonamides is 1. The van der Waals surface area contributed by atoms with Gasteiger partial charge in [-0.25, -0.2) is 13.4 Å². The molecule has 2 heterocycles. The number of piperidine rings is 1. The summed E-state index contributed by atoms with van der Waals surface area (Å²) in [6.45, 7) is 2.63. The monoisotopic (exact) mass is 566 g/mol. The Morgan fingerprint density at radius 3 is 2.75 bits per heavy atom. The highest BCUT2D eigenvalue weighted by atomic mass is 35.5. The topological polar surface area (TPSA) is 101 Å². The van der Waals surface area contributed by atoms with Gasteiger partial charge in [0.1, 0.15) is 0 Å². The Kier molecular flexibility index (Phi) is 8.63. The minimum Gasteiger partial charge on any atom is -0.466 e. The maximum atomic E-state index is 13.2. The SMILES string of the molecule is CCOC(=O)C1CCN(S(=O)(=O)c2cccc(-c3csc(N/N=C/c4ccc(Cl)cc4Cl)n3)c2)CC1. The zero-order valence-electron chi connectivity index (χ0n) is 19.4. The molecule has 3 aromatic rings. The normalized spacial score (nSPS) is 15.3. The largest absolute Gasteiger partial charge is 0.466 e. The summed E-state index contributed by atoms with van der Waals surface area (Å²) in [7, 11) is -3.70. The van der Waals surface area contributed by atoms with E-state index in [4.69, 9.17) is 27.9 Å². The van der Waals surface area contributed by atoms with Crippen LogP contribution in [0.2, 0.25) is 10.0 Å². The number of nitrogens with zero attached hydrogens (tertiary/aromatic N) is 3. The first-order valence-corrected chi connectivity index (χ1v) is 14.3. The van der Waals surface area contributed by atoms with Crippen LogP contribution in [0.25, 0.3) is 11.3 Å². The Bertz CT molecular complexity index is 1370. The lowest BCUT2D eigenvalue weighted by Gasteiger charge is -2.30. The standard InChI is InChI=1S/C24H24Cl2N4O4S2/c1-2-34-23(31)16-8-10-30(11-9-16)36(32,33)20-5-3-4-17(12-20)22-15-35-24(28-22)29-27-14-18-6-7-19(25)13-21(18)26/h3-7,12-16H,2,8-11H2,1H3,(H,28,29)/b27-14+. The van der Waals surface area contributed by atoms with Crippen molar-refractivity contribution >= 4 is 61.9 Å². The predicted octanol–water partition coefficient (Wildman–Crippen LogP) is 5.53. The van der Waals surface area contributed by atoms with Crippen LogP contribution in [0.15, 0.2) is 57.8 Å². The highest BCUT2D eigenvalue weighted by Crippen LogP contribution is 2.29. The quantitative estimate of drug-likeness (QED) is 0.218. The first kappa shape index (κ1) is 26.6. The summed E-state index contributed by atoms with van der Waals surface area (Å²) in [5.41, 5.74) is 4.87. The number of thiazole rings is 1. The Morgan fingerprint density at radius 2 is 2.03 bits per heavy atom. The predicted molar refractivity (Wildman–Crippen MR) is 143 cm³/mol. The zero-order chi connectivity index (χ0) is 25.7. The summed E-state index contributed by atoms with van der Waals surface area (Å²) in [5.74, 6) is -0.521. The summed E-state index contributed by atoms with van der Waals surface area (Å²) < 4.78 is 33.0. The lowest BCUT2D eigenvalue weighted by atomic mass is 9.98. The fraction of sp³-hybridized carbons (Fsp3) is 0.292. The fourth-order valence-electron chi connectivity index (χ4n) is 3.78. The van der Waals surface area contributed by atoms with E-state index in [1.165, 1.54) is 15.6 Å². The average Bonchev–Trinajstić information content (AvgIpc) is 3.35. The van der Waals surface area contributed by atoms with Crippen LogP contribution in [-0.4, -0.2) is 49.6 Å². The number of aromatic nitrogens is 1. The highest BCUT2D eigenvalue weighted by molar-refractivity contribution is 7.89. The van der Waals surface area contributed by atoms with Gasteiger partial charge in [-0.15, -0.1) is 11.3 Å². The molecule has 190 valence electrons. The lowest BCUT2D eigenvalue weighted by Crippen LogP contribution is -2.40. The molecule has 0 saturated carbocycles. The van der Waals surface area contributed by atoms with E-state index in [9.17, 15) is 13.2 Å². The van der Waals surface area contributed by atoms with Crippen LogP contribution >= 0.6 is 34.5 Å². The van der Waals surface area contributed by atoms with Gasteiger partial charge < -0.3 is 4.74 Å². The van der Waals surface area contributed by atoms with Gasteiger partial charge in [0.2, 0.25) is 15.2 Å². The molecule has 0 spiro atoms. The van der Waals surface area contributed by atoms with Gasteiger partial charge in [-0.1, -0.05) is 41.4 Å². The van der Waals surface area contributed by atoms with Crippen molar-refractivity contribution in [2.75, 3.05) is 25.1 Å². The molecular formula is C24H24Cl2N4O4S2. The molecule has 0 bridgehead atoms. The molecule has 1 N–H and O–H groups in total. The lowest BCUT2D eigenvalue weighted by molar-refractivity contribution is -0.149. The number of benzene rings is 2. The van der Waals surface area contributed by atoms with Crippen LogP contribution < -0.4 is 5.43 Å². The van der Waals surface area contributed by atoms with Gasteiger partial charge in [0.25, 0.3) is 0 Å². The van der Waals surface area contributed by atoms with E-state index >= 15 is 0 Å². The molecule has 8 nitrogen and oxygen atoms in total. The Morgan fingerprint density at radius 1 is 1.25 bits per heavy atom. The van der Waals surface area contributed by atoms with Gasteiger partial charge >= 0.3 is 5.97 Å². The maximum absolute atomic E-state index is 13.2. The third-order valence-corrected chi connectivity index (χ3v) is 8.88. The summed E-state index contributed by atoms with van der Waals surface area (Å²) in [6, 6.07) is 11.8. The van der Waals surface area contributed by atoms with E-state index in [0.717, 1.165) is 0 Å². The second-order valence-corrected chi connectivity index (χ2v) is 11.7. The van der Waals surface area contributed by atoms with Crippen molar-refractivity contribution in [1.29, 1.82) is 0 Å². The van der Waals surface area contributed by atoms with E-state index < -0.39 is 10.0 Å². The fourth-order valence-corrected chi connectivity index (χ4v) is 6.42. The number of hydrogen-bond donors (Lipinski definition) is 1. The molecule has 12 heteroatoms. The molecule has 1 aliphatic rings. The minimum atomic E-state index is -3.70. The number of anilines is 1. The molecule has 1 fully saturated rings. The van der Waals surface area contributed by atoms with Crippen molar-refractivity contribution < 1.29 is 17.9 Å². The summed E-state index contributed by atoms with van der Waals surface area (Å²) in [5, 5.41) is 7.56. The van der Waals surface area contributed by atoms with Crippen molar-refractivity contribution in [3.05, 3.63) is 63.5 Å². The van der Waals surface area contributed by atoms with Gasteiger partial charge in [0.15, 0.2) is 0 Å². The van der Waals surface area contributed by atoms with Crippen molar-refractivity contribution in [3.8, 4) is 11.3 Å². The van der Waals surface area contributed by atoms with Crippen molar-refractivity contribution in [3.63, 3.8) is 0 Å². The number of ether oxygens (including phenoxy) is 1. The molecule has 4 rings (SSSR count). The van der Waals surface area contributed by atoms with E-state index in [1.807, 2.05) is 11.4 Å². The third-order valence-electron chi connectivity index (χ3n) is 5.67. The van der Waals surface area contributed by atoms with Crippen LogP contribution in [-0.2, 0) is 19.6 Å². The Labute approximate surface area is 224 Å². The number of hydrazone groups is 1. The second kappa shape index (κ2) is 11.7. The number of esters is 1. The van der Waals surface area contributed by atoms with Gasteiger partial charge in [0, 0.05) is 34.6 Å². The molecule has 1 aromatic heterocycles. The van der Waals surface area contributed by atoms with E-state index in [0.29, 0.717) is 51.4 Å². The van der Waals surface area contributed by atoms with Crippen molar-refractivity contribution in [1.82, 2.24) is 9.29 Å². The molecule has 0 atom stereocenters. The number of halogens is 2. The van der Waals surface area contributed by atoms with Crippen molar-refractivity contribution in [2.24, 2.45) is 11.0 Å². The minimum absolute atomic E-state index is 0.187.